The lowest BCUT2D eigenvalue weighted by molar-refractivity contribution is -0.153. The molecule has 0 saturated carbocycles. The maximum Gasteiger partial charge on any atom is 0.333 e. The molecular formula is C26H33NO6. The van der Waals surface area contributed by atoms with Gasteiger partial charge in [0.05, 0.1) is 6.10 Å². The summed E-state index contributed by atoms with van der Waals surface area (Å²) in [6.45, 7) is 7.83. The zero-order valence-corrected chi connectivity index (χ0v) is 19.9. The van der Waals surface area contributed by atoms with Crippen LogP contribution in [0.25, 0.3) is 10.9 Å². The number of rotatable bonds is 11. The topological polar surface area (TPSA) is 90.2 Å². The molecule has 2 N–H and O–H groups in total. The van der Waals surface area contributed by atoms with Crippen molar-refractivity contribution >= 4 is 16.9 Å². The van der Waals surface area contributed by atoms with Crippen molar-refractivity contribution in [2.75, 3.05) is 13.2 Å². The second-order valence-corrected chi connectivity index (χ2v) is 8.70. The van der Waals surface area contributed by atoms with Gasteiger partial charge in [0, 0.05) is 30.6 Å². The Balaban J connectivity index is 1.66. The number of hydrogen-bond donors (Lipinski definition) is 2. The number of aliphatic hydroxyl groups is 1. The average molecular weight is 456 g/mol. The van der Waals surface area contributed by atoms with Crippen molar-refractivity contribution in [3.63, 3.8) is 0 Å². The van der Waals surface area contributed by atoms with Gasteiger partial charge >= 0.3 is 5.97 Å². The highest BCUT2D eigenvalue weighted by Crippen LogP contribution is 2.27. The first-order valence-corrected chi connectivity index (χ1v) is 11.1. The summed E-state index contributed by atoms with van der Waals surface area (Å²) in [4.78, 5) is 11.6. The highest BCUT2D eigenvalue weighted by atomic mass is 16.5. The summed E-state index contributed by atoms with van der Waals surface area (Å²) in [6, 6.07) is 11.5. The molecule has 0 aliphatic heterocycles. The normalized spacial score (nSPS) is 13.3. The molecule has 0 aliphatic rings. The zero-order chi connectivity index (χ0) is 24.1. The molecule has 1 heterocycles. The van der Waals surface area contributed by atoms with Crippen LogP contribution in [-0.2, 0) is 23.0 Å². The molecule has 1 aromatic heterocycles. The highest BCUT2D eigenvalue weighted by molar-refractivity contribution is 5.86. The lowest BCUT2D eigenvalue weighted by Gasteiger charge is -2.16. The van der Waals surface area contributed by atoms with Crippen molar-refractivity contribution in [1.82, 2.24) is 4.57 Å². The van der Waals surface area contributed by atoms with E-state index in [0.717, 1.165) is 33.3 Å². The molecule has 7 nitrogen and oxygen atoms in total. The maximum atomic E-state index is 11.6. The Morgan fingerprint density at radius 2 is 1.79 bits per heavy atom. The van der Waals surface area contributed by atoms with Crippen LogP contribution in [-0.4, -0.2) is 52.3 Å². The van der Waals surface area contributed by atoms with Gasteiger partial charge in [0.1, 0.15) is 30.8 Å². The van der Waals surface area contributed by atoms with E-state index in [0.29, 0.717) is 5.75 Å². The van der Waals surface area contributed by atoms with Crippen molar-refractivity contribution < 1.29 is 29.2 Å². The zero-order valence-electron chi connectivity index (χ0n) is 19.9. The van der Waals surface area contributed by atoms with Crippen LogP contribution >= 0.6 is 0 Å². The molecule has 0 amide bonds. The third-order valence-electron chi connectivity index (χ3n) is 5.36. The Labute approximate surface area is 194 Å². The number of aliphatic carboxylic acids is 1. The van der Waals surface area contributed by atoms with Gasteiger partial charge in [-0.15, -0.1) is 0 Å². The van der Waals surface area contributed by atoms with Gasteiger partial charge in [-0.2, -0.15) is 0 Å². The summed E-state index contributed by atoms with van der Waals surface area (Å²) in [5, 5.41) is 20.7. The smallest absolute Gasteiger partial charge is 0.333 e. The molecule has 2 aromatic carbocycles. The standard InChI is InChI=1S/C26H33NO6/c1-16(2)33-25(26(29)30)11-19-13-27(5)23-8-7-21(12-22(19)23)31-14-20(28)15-32-24-9-6-17(3)10-18(24)4/h6-10,12-13,16,20,25,28H,11,14-15H2,1-5H3,(H,29,30). The molecule has 3 aromatic rings. The van der Waals surface area contributed by atoms with Gasteiger partial charge in [0.25, 0.3) is 0 Å². The highest BCUT2D eigenvalue weighted by Gasteiger charge is 2.22. The predicted molar refractivity (Wildman–Crippen MR) is 127 cm³/mol. The van der Waals surface area contributed by atoms with Crippen LogP contribution in [0.5, 0.6) is 11.5 Å². The van der Waals surface area contributed by atoms with Gasteiger partial charge in [0.15, 0.2) is 6.10 Å². The Morgan fingerprint density at radius 1 is 1.06 bits per heavy atom. The molecule has 0 aliphatic carbocycles. The third kappa shape index (κ3) is 6.49. The minimum absolute atomic E-state index is 0.0762. The van der Waals surface area contributed by atoms with Crippen LogP contribution in [0, 0.1) is 13.8 Å². The molecule has 7 heteroatoms. The summed E-state index contributed by atoms with van der Waals surface area (Å²) >= 11 is 0. The van der Waals surface area contributed by atoms with E-state index in [4.69, 9.17) is 14.2 Å². The van der Waals surface area contributed by atoms with E-state index in [2.05, 4.69) is 0 Å². The summed E-state index contributed by atoms with van der Waals surface area (Å²) in [7, 11) is 1.92. The van der Waals surface area contributed by atoms with Crippen molar-refractivity contribution in [1.29, 1.82) is 0 Å². The summed E-state index contributed by atoms with van der Waals surface area (Å²) in [6.07, 6.45) is 0.255. The number of ether oxygens (including phenoxy) is 3. The first kappa shape index (κ1) is 24.6. The Hall–Kier alpha value is -3.03. The molecule has 0 spiro atoms. The van der Waals surface area contributed by atoms with Crippen LogP contribution in [0.4, 0.5) is 0 Å². The van der Waals surface area contributed by atoms with E-state index in [-0.39, 0.29) is 25.7 Å². The number of aliphatic hydroxyl groups excluding tert-OH is 1. The second-order valence-electron chi connectivity index (χ2n) is 8.70. The van der Waals surface area contributed by atoms with Crippen LogP contribution in [0.3, 0.4) is 0 Å². The molecule has 0 radical (unpaired) electrons. The van der Waals surface area contributed by atoms with E-state index in [1.165, 1.54) is 0 Å². The molecule has 2 atom stereocenters. The molecular weight excluding hydrogens is 422 g/mol. The van der Waals surface area contributed by atoms with Crippen molar-refractivity contribution in [3.05, 3.63) is 59.3 Å². The van der Waals surface area contributed by atoms with E-state index < -0.39 is 18.2 Å². The van der Waals surface area contributed by atoms with E-state index in [9.17, 15) is 15.0 Å². The molecule has 33 heavy (non-hydrogen) atoms. The fraction of sp³-hybridized carbons (Fsp3) is 0.423. The fourth-order valence-electron chi connectivity index (χ4n) is 3.81. The van der Waals surface area contributed by atoms with E-state index in [1.807, 2.05) is 81.9 Å². The van der Waals surface area contributed by atoms with Gasteiger partial charge in [0.2, 0.25) is 0 Å². The number of nitrogens with zero attached hydrogens (tertiary/aromatic N) is 1. The lowest BCUT2D eigenvalue weighted by Crippen LogP contribution is -2.29. The number of aryl methyl sites for hydroxylation is 3. The monoisotopic (exact) mass is 455 g/mol. The quantitative estimate of drug-likeness (QED) is 0.454. The van der Waals surface area contributed by atoms with Crippen LogP contribution in [0.2, 0.25) is 0 Å². The van der Waals surface area contributed by atoms with Crippen molar-refractivity contribution in [2.45, 2.75) is 52.4 Å². The molecule has 3 rings (SSSR count). The van der Waals surface area contributed by atoms with Gasteiger partial charge in [-0.05, 0) is 63.1 Å². The first-order chi connectivity index (χ1) is 15.6. The van der Waals surface area contributed by atoms with Gasteiger partial charge in [-0.25, -0.2) is 4.79 Å². The fourth-order valence-corrected chi connectivity index (χ4v) is 3.81. The number of aromatic nitrogens is 1. The van der Waals surface area contributed by atoms with Gasteiger partial charge in [-0.1, -0.05) is 17.7 Å². The summed E-state index contributed by atoms with van der Waals surface area (Å²) < 4.78 is 19.1. The minimum atomic E-state index is -0.986. The first-order valence-electron chi connectivity index (χ1n) is 11.1. The second kappa shape index (κ2) is 10.7. The minimum Gasteiger partial charge on any atom is -0.491 e. The van der Waals surface area contributed by atoms with Crippen molar-refractivity contribution in [2.24, 2.45) is 7.05 Å². The average Bonchev–Trinajstić information content (AvgIpc) is 3.05. The number of carboxylic acid groups (broad SMARTS) is 1. The molecule has 0 fully saturated rings. The van der Waals surface area contributed by atoms with Crippen LogP contribution in [0.15, 0.2) is 42.6 Å². The Bertz CT molecular complexity index is 1100. The van der Waals surface area contributed by atoms with E-state index >= 15 is 0 Å². The van der Waals surface area contributed by atoms with Gasteiger partial charge < -0.3 is 29.0 Å². The third-order valence-corrected chi connectivity index (χ3v) is 5.36. The molecule has 0 bridgehead atoms. The van der Waals surface area contributed by atoms with Gasteiger partial charge in [-0.3, -0.25) is 0 Å². The van der Waals surface area contributed by atoms with E-state index in [1.54, 1.807) is 0 Å². The number of hydrogen-bond acceptors (Lipinski definition) is 5. The summed E-state index contributed by atoms with van der Waals surface area (Å²) in [5.41, 5.74) is 4.01. The van der Waals surface area contributed by atoms with Crippen LogP contribution < -0.4 is 9.47 Å². The predicted octanol–water partition coefficient (Wildman–Crippen LogP) is 4.03. The number of carbonyl (C=O) groups is 1. The van der Waals surface area contributed by atoms with Crippen LogP contribution in [0.1, 0.15) is 30.5 Å². The number of carboxylic acids is 1. The molecule has 0 saturated heterocycles. The van der Waals surface area contributed by atoms with Crippen molar-refractivity contribution in [3.8, 4) is 11.5 Å². The maximum absolute atomic E-state index is 11.6. The Morgan fingerprint density at radius 3 is 2.45 bits per heavy atom. The summed E-state index contributed by atoms with van der Waals surface area (Å²) in [5.74, 6) is 0.351. The lowest BCUT2D eigenvalue weighted by atomic mass is 10.1. The molecule has 178 valence electrons. The largest absolute Gasteiger partial charge is 0.491 e. The Kier molecular flexibility index (Phi) is 8.00. The number of benzene rings is 2. The SMILES string of the molecule is Cc1ccc(OCC(O)COc2ccc3c(c2)c(CC(OC(C)C)C(=O)O)cn3C)c(C)c1. The number of fused-ring (bicyclic) bond motifs is 1. The molecule has 2 unspecified atom stereocenters.